The van der Waals surface area contributed by atoms with E-state index in [-0.39, 0.29) is 5.41 Å². The molecule has 0 N–H and O–H groups in total. The molecule has 0 amide bonds. The van der Waals surface area contributed by atoms with Gasteiger partial charge in [-0.1, -0.05) is 57.2 Å². The highest BCUT2D eigenvalue weighted by molar-refractivity contribution is 8.02. The number of rotatable bonds is 3. The summed E-state index contributed by atoms with van der Waals surface area (Å²) in [5.41, 5.74) is 4.78. The molecule has 0 spiro atoms. The van der Waals surface area contributed by atoms with Crippen LogP contribution >= 0.6 is 34.4 Å². The van der Waals surface area contributed by atoms with Gasteiger partial charge in [-0.05, 0) is 34.9 Å². The number of para-hydroxylation sites is 1. The molecule has 0 aliphatic rings. The van der Waals surface area contributed by atoms with Gasteiger partial charge in [0.2, 0.25) is 0 Å². The molecule has 4 rings (SSSR count). The van der Waals surface area contributed by atoms with Crippen LogP contribution in [0.15, 0.2) is 62.6 Å². The molecule has 0 unspecified atom stereocenters. The molecule has 0 atom stereocenters. The molecule has 5 heteroatoms. The summed E-state index contributed by atoms with van der Waals surface area (Å²) in [5.74, 6) is 0. The van der Waals surface area contributed by atoms with Crippen LogP contribution in [-0.4, -0.2) is 9.97 Å². The Hall–Kier alpha value is -1.69. The lowest BCUT2D eigenvalue weighted by Gasteiger charge is -2.18. The van der Waals surface area contributed by atoms with Gasteiger partial charge in [0, 0.05) is 10.9 Å². The number of fused-ring (bicyclic) bond motifs is 1. The Morgan fingerprint density at radius 1 is 0.880 bits per heavy atom. The summed E-state index contributed by atoms with van der Waals surface area (Å²) in [7, 11) is 0. The molecule has 126 valence electrons. The average molecular weight is 383 g/mol. The highest BCUT2D eigenvalue weighted by Gasteiger charge is 2.14. The van der Waals surface area contributed by atoms with Crippen LogP contribution < -0.4 is 0 Å². The van der Waals surface area contributed by atoms with Crippen molar-refractivity contribution in [3.8, 4) is 11.3 Å². The highest BCUT2D eigenvalue weighted by Crippen LogP contribution is 2.37. The third-order valence-corrected chi connectivity index (χ3v) is 7.01. The van der Waals surface area contributed by atoms with E-state index >= 15 is 0 Å². The minimum absolute atomic E-state index is 0.175. The van der Waals surface area contributed by atoms with Gasteiger partial charge in [0.1, 0.15) is 0 Å². The molecule has 2 aromatic heterocycles. The lowest BCUT2D eigenvalue weighted by Crippen LogP contribution is -2.10. The Morgan fingerprint density at radius 3 is 2.36 bits per heavy atom. The molecule has 2 nitrogen and oxygen atoms in total. The second-order valence-corrected chi connectivity index (χ2v) is 10.3. The zero-order valence-electron chi connectivity index (χ0n) is 14.3. The molecule has 0 aliphatic carbocycles. The Labute approximate surface area is 160 Å². The van der Waals surface area contributed by atoms with Gasteiger partial charge >= 0.3 is 0 Å². The Morgan fingerprint density at radius 2 is 1.64 bits per heavy atom. The minimum atomic E-state index is 0.175. The minimum Gasteiger partial charge on any atom is -0.229 e. The summed E-state index contributed by atoms with van der Waals surface area (Å²) in [4.78, 5) is 9.46. The predicted octanol–water partition coefficient (Wildman–Crippen LogP) is 6.87. The van der Waals surface area contributed by atoms with Gasteiger partial charge < -0.3 is 0 Å². The SMILES string of the molecule is CC(C)(C)c1ccc(-c2csc(Sc3nc4ccccc4s3)n2)cc1. The van der Waals surface area contributed by atoms with E-state index in [1.54, 1.807) is 34.4 Å². The zero-order valence-corrected chi connectivity index (χ0v) is 16.8. The maximum absolute atomic E-state index is 4.79. The van der Waals surface area contributed by atoms with Crippen LogP contribution in [0.25, 0.3) is 21.5 Å². The third kappa shape index (κ3) is 3.64. The molecule has 25 heavy (non-hydrogen) atoms. The molecular formula is C20H18N2S3. The maximum Gasteiger partial charge on any atom is 0.158 e. The molecule has 0 fully saturated rings. The standard InChI is InChI=1S/C20H18N2S3/c1-20(2,3)14-10-8-13(9-11-14)16-12-23-18(22-16)25-19-21-15-6-4-5-7-17(15)24-19/h4-12H,1-3H3. The summed E-state index contributed by atoms with van der Waals surface area (Å²) in [6.07, 6.45) is 0. The molecule has 0 aliphatic heterocycles. The topological polar surface area (TPSA) is 25.8 Å². The molecule has 0 saturated heterocycles. The van der Waals surface area contributed by atoms with Gasteiger partial charge in [-0.15, -0.1) is 22.7 Å². The van der Waals surface area contributed by atoms with Crippen LogP contribution in [0.5, 0.6) is 0 Å². The first-order valence-electron chi connectivity index (χ1n) is 8.09. The fourth-order valence-electron chi connectivity index (χ4n) is 2.55. The van der Waals surface area contributed by atoms with Gasteiger partial charge in [-0.3, -0.25) is 0 Å². The highest BCUT2D eigenvalue weighted by atomic mass is 32.2. The quantitative estimate of drug-likeness (QED) is 0.387. The van der Waals surface area contributed by atoms with Crippen LogP contribution in [0.3, 0.4) is 0 Å². The van der Waals surface area contributed by atoms with E-state index < -0.39 is 0 Å². The fourth-order valence-corrected chi connectivity index (χ4v) is 5.64. The van der Waals surface area contributed by atoms with Crippen molar-refractivity contribution < 1.29 is 0 Å². The molecule has 4 aromatic rings. The first-order chi connectivity index (χ1) is 12.0. The van der Waals surface area contributed by atoms with Crippen LogP contribution in [-0.2, 0) is 5.41 Å². The predicted molar refractivity (Wildman–Crippen MR) is 110 cm³/mol. The second kappa shape index (κ2) is 6.56. The molecule has 0 saturated carbocycles. The zero-order chi connectivity index (χ0) is 17.4. The number of hydrogen-bond acceptors (Lipinski definition) is 5. The number of thiazole rings is 2. The Bertz CT molecular complexity index is 974. The molecule has 0 radical (unpaired) electrons. The lowest BCUT2D eigenvalue weighted by molar-refractivity contribution is 0.590. The van der Waals surface area contributed by atoms with Crippen molar-refractivity contribution in [2.24, 2.45) is 0 Å². The number of nitrogens with zero attached hydrogens (tertiary/aromatic N) is 2. The van der Waals surface area contributed by atoms with Gasteiger partial charge in [-0.2, -0.15) is 0 Å². The van der Waals surface area contributed by atoms with E-state index in [1.165, 1.54) is 15.8 Å². The molecular weight excluding hydrogens is 364 g/mol. The van der Waals surface area contributed by atoms with Crippen LogP contribution in [0.1, 0.15) is 26.3 Å². The van der Waals surface area contributed by atoms with Crippen molar-refractivity contribution in [2.75, 3.05) is 0 Å². The van der Waals surface area contributed by atoms with E-state index in [0.29, 0.717) is 0 Å². The summed E-state index contributed by atoms with van der Waals surface area (Å²) in [5, 5.41) is 2.13. The Balaban J connectivity index is 1.55. The summed E-state index contributed by atoms with van der Waals surface area (Å²) < 4.78 is 3.30. The first-order valence-corrected chi connectivity index (χ1v) is 10.6. The smallest absolute Gasteiger partial charge is 0.158 e. The average Bonchev–Trinajstić information content (AvgIpc) is 3.20. The number of aromatic nitrogens is 2. The van der Waals surface area contributed by atoms with E-state index in [2.05, 4.69) is 73.6 Å². The Kier molecular flexibility index (Phi) is 4.40. The molecule has 0 bridgehead atoms. The number of benzene rings is 2. The van der Waals surface area contributed by atoms with Crippen molar-refractivity contribution in [3.63, 3.8) is 0 Å². The van der Waals surface area contributed by atoms with E-state index in [1.807, 2.05) is 6.07 Å². The van der Waals surface area contributed by atoms with Gasteiger partial charge in [0.15, 0.2) is 8.68 Å². The fraction of sp³-hybridized carbons (Fsp3) is 0.200. The summed E-state index contributed by atoms with van der Waals surface area (Å²) >= 11 is 5.05. The van der Waals surface area contributed by atoms with Gasteiger partial charge in [0.25, 0.3) is 0 Å². The van der Waals surface area contributed by atoms with E-state index in [0.717, 1.165) is 19.9 Å². The van der Waals surface area contributed by atoms with Gasteiger partial charge in [-0.25, -0.2) is 9.97 Å². The van der Waals surface area contributed by atoms with Crippen LogP contribution in [0.2, 0.25) is 0 Å². The third-order valence-electron chi connectivity index (χ3n) is 3.98. The van der Waals surface area contributed by atoms with Crippen molar-refractivity contribution >= 4 is 44.7 Å². The molecule has 2 aromatic carbocycles. The van der Waals surface area contributed by atoms with Crippen molar-refractivity contribution in [1.82, 2.24) is 9.97 Å². The monoisotopic (exact) mass is 382 g/mol. The summed E-state index contributed by atoms with van der Waals surface area (Å²) in [6.45, 7) is 6.70. The molecule has 2 heterocycles. The van der Waals surface area contributed by atoms with Crippen molar-refractivity contribution in [3.05, 3.63) is 59.5 Å². The summed E-state index contributed by atoms with van der Waals surface area (Å²) in [6, 6.07) is 17.0. The second-order valence-electron chi connectivity index (χ2n) is 6.88. The van der Waals surface area contributed by atoms with Gasteiger partial charge in [0.05, 0.1) is 15.9 Å². The van der Waals surface area contributed by atoms with Crippen LogP contribution in [0, 0.1) is 0 Å². The lowest BCUT2D eigenvalue weighted by atomic mass is 9.86. The maximum atomic E-state index is 4.79. The van der Waals surface area contributed by atoms with E-state index in [4.69, 9.17) is 4.98 Å². The normalized spacial score (nSPS) is 12.0. The largest absolute Gasteiger partial charge is 0.229 e. The van der Waals surface area contributed by atoms with Crippen molar-refractivity contribution in [2.45, 2.75) is 34.9 Å². The van der Waals surface area contributed by atoms with E-state index in [9.17, 15) is 0 Å². The first kappa shape index (κ1) is 16.8. The van der Waals surface area contributed by atoms with Crippen molar-refractivity contribution in [1.29, 1.82) is 0 Å². The number of hydrogen-bond donors (Lipinski definition) is 0. The van der Waals surface area contributed by atoms with Crippen LogP contribution in [0.4, 0.5) is 0 Å².